The standard InChI is InChI=1S/C14H18N6O4/c1-2-23-5-8-10(21)11(22)14(6-15,24-8)9-4-3-7-12(16)18-13(17)19-20(7)9/h3-4,8,10-11,21-22H,2,5H2,1H3,(H4,16,17,18,19)/t8-,10-,11-,14+/m1/s1. The van der Waals surface area contributed by atoms with E-state index in [1.807, 2.05) is 6.07 Å². The molecular weight excluding hydrogens is 316 g/mol. The third-order valence-corrected chi connectivity index (χ3v) is 4.05. The second kappa shape index (κ2) is 5.88. The van der Waals surface area contributed by atoms with Gasteiger partial charge in [0.15, 0.2) is 5.82 Å². The monoisotopic (exact) mass is 334 g/mol. The second-order valence-electron chi connectivity index (χ2n) is 5.47. The molecule has 1 aliphatic rings. The van der Waals surface area contributed by atoms with E-state index in [9.17, 15) is 15.5 Å². The molecule has 2 aromatic heterocycles. The molecule has 0 spiro atoms. The molecule has 2 aromatic rings. The van der Waals surface area contributed by atoms with E-state index in [0.29, 0.717) is 12.1 Å². The number of hydrogen-bond acceptors (Lipinski definition) is 9. The van der Waals surface area contributed by atoms with Gasteiger partial charge in [-0.1, -0.05) is 0 Å². The minimum atomic E-state index is -1.83. The number of hydrogen-bond donors (Lipinski definition) is 4. The SMILES string of the molecule is CCOC[C@H]1O[C@@](C#N)(c2ccc3c(N)nc(N)nn23)[C@H](O)[C@@H]1O. The number of nitrogen functional groups attached to an aromatic ring is 2. The fourth-order valence-electron chi connectivity index (χ4n) is 2.87. The van der Waals surface area contributed by atoms with Crippen LogP contribution in [0.15, 0.2) is 12.1 Å². The zero-order valence-electron chi connectivity index (χ0n) is 13.0. The number of aliphatic hydroxyl groups excluding tert-OH is 2. The van der Waals surface area contributed by atoms with Crippen LogP contribution in [-0.2, 0) is 15.1 Å². The van der Waals surface area contributed by atoms with Gasteiger partial charge in [-0.15, -0.1) is 5.10 Å². The third kappa shape index (κ3) is 2.26. The van der Waals surface area contributed by atoms with Crippen molar-refractivity contribution in [3.63, 3.8) is 0 Å². The summed E-state index contributed by atoms with van der Waals surface area (Å²) in [7, 11) is 0. The molecule has 0 amide bonds. The summed E-state index contributed by atoms with van der Waals surface area (Å²) in [6.07, 6.45) is -3.65. The number of nitriles is 1. The number of fused-ring (bicyclic) bond motifs is 1. The predicted molar refractivity (Wildman–Crippen MR) is 82.5 cm³/mol. The molecule has 3 heterocycles. The summed E-state index contributed by atoms with van der Waals surface area (Å²) in [5.41, 5.74) is 10.2. The van der Waals surface area contributed by atoms with Gasteiger partial charge in [0.05, 0.1) is 12.3 Å². The van der Waals surface area contributed by atoms with Crippen LogP contribution in [0, 0.1) is 11.3 Å². The quantitative estimate of drug-likeness (QED) is 0.535. The second-order valence-corrected chi connectivity index (χ2v) is 5.47. The first-order valence-corrected chi connectivity index (χ1v) is 7.38. The van der Waals surface area contributed by atoms with Crippen molar-refractivity contribution < 1.29 is 19.7 Å². The topological polar surface area (TPSA) is 165 Å². The minimum Gasteiger partial charge on any atom is -0.387 e. The Morgan fingerprint density at radius 1 is 1.46 bits per heavy atom. The van der Waals surface area contributed by atoms with Gasteiger partial charge in [-0.25, -0.2) is 4.52 Å². The molecule has 0 saturated carbocycles. The Morgan fingerprint density at radius 3 is 2.88 bits per heavy atom. The normalized spacial score (nSPS) is 29.8. The summed E-state index contributed by atoms with van der Waals surface area (Å²) < 4.78 is 12.2. The van der Waals surface area contributed by atoms with Gasteiger partial charge < -0.3 is 31.2 Å². The maximum atomic E-state index is 10.5. The highest BCUT2D eigenvalue weighted by molar-refractivity contribution is 5.67. The van der Waals surface area contributed by atoms with Gasteiger partial charge in [-0.05, 0) is 19.1 Å². The predicted octanol–water partition coefficient (Wildman–Crippen LogP) is -1.23. The van der Waals surface area contributed by atoms with Crippen LogP contribution in [0.4, 0.5) is 11.8 Å². The van der Waals surface area contributed by atoms with E-state index in [-0.39, 0.29) is 24.1 Å². The molecule has 6 N–H and O–H groups in total. The highest BCUT2D eigenvalue weighted by Gasteiger charge is 2.57. The van der Waals surface area contributed by atoms with E-state index in [1.54, 1.807) is 13.0 Å². The Hall–Kier alpha value is -2.45. The number of aromatic nitrogens is 3. The molecule has 3 rings (SSSR count). The molecule has 4 atom stereocenters. The Balaban J connectivity index is 2.11. The molecule has 1 aliphatic heterocycles. The van der Waals surface area contributed by atoms with Gasteiger partial charge in [0.2, 0.25) is 11.5 Å². The summed E-state index contributed by atoms with van der Waals surface area (Å²) in [5.74, 6) is 0.0326. The Morgan fingerprint density at radius 2 is 2.21 bits per heavy atom. The zero-order chi connectivity index (χ0) is 17.5. The van der Waals surface area contributed by atoms with Crippen molar-refractivity contribution in [3.8, 4) is 6.07 Å². The van der Waals surface area contributed by atoms with Gasteiger partial charge in [-0.3, -0.25) is 0 Å². The molecule has 1 fully saturated rings. The van der Waals surface area contributed by atoms with Gasteiger partial charge in [0.1, 0.15) is 29.9 Å². The van der Waals surface area contributed by atoms with Gasteiger partial charge in [-0.2, -0.15) is 10.2 Å². The molecule has 24 heavy (non-hydrogen) atoms. The van der Waals surface area contributed by atoms with Crippen molar-refractivity contribution in [2.24, 2.45) is 0 Å². The molecule has 1 saturated heterocycles. The molecule has 0 radical (unpaired) electrons. The average Bonchev–Trinajstić information content (AvgIpc) is 3.08. The highest BCUT2D eigenvalue weighted by Crippen LogP contribution is 2.40. The summed E-state index contributed by atoms with van der Waals surface area (Å²) >= 11 is 0. The first-order chi connectivity index (χ1) is 11.4. The summed E-state index contributed by atoms with van der Waals surface area (Å²) in [6, 6.07) is 5.06. The number of rotatable bonds is 4. The van der Waals surface area contributed by atoms with E-state index in [1.165, 1.54) is 10.6 Å². The smallest absolute Gasteiger partial charge is 0.240 e. The Labute approximate surface area is 137 Å². The van der Waals surface area contributed by atoms with Crippen molar-refractivity contribution in [3.05, 3.63) is 17.8 Å². The fraction of sp³-hybridized carbons (Fsp3) is 0.500. The Kier molecular flexibility index (Phi) is 4.02. The van der Waals surface area contributed by atoms with Gasteiger partial charge in [0.25, 0.3) is 0 Å². The minimum absolute atomic E-state index is 0.0424. The lowest BCUT2D eigenvalue weighted by atomic mass is 9.92. The first-order valence-electron chi connectivity index (χ1n) is 7.38. The van der Waals surface area contributed by atoms with Crippen LogP contribution >= 0.6 is 0 Å². The van der Waals surface area contributed by atoms with Crippen LogP contribution < -0.4 is 11.5 Å². The van der Waals surface area contributed by atoms with Crippen LogP contribution in [0.3, 0.4) is 0 Å². The van der Waals surface area contributed by atoms with E-state index < -0.39 is 23.9 Å². The van der Waals surface area contributed by atoms with Gasteiger partial charge >= 0.3 is 0 Å². The molecule has 10 nitrogen and oxygen atoms in total. The lowest BCUT2D eigenvalue weighted by Gasteiger charge is -2.24. The van der Waals surface area contributed by atoms with Crippen LogP contribution in [-0.4, -0.2) is 56.3 Å². The maximum Gasteiger partial charge on any atom is 0.240 e. The number of anilines is 2. The highest BCUT2D eigenvalue weighted by atomic mass is 16.6. The van der Waals surface area contributed by atoms with E-state index in [2.05, 4.69) is 10.1 Å². The van der Waals surface area contributed by atoms with Crippen LogP contribution in [0.25, 0.3) is 5.52 Å². The van der Waals surface area contributed by atoms with Crippen molar-refractivity contribution >= 4 is 17.3 Å². The molecule has 10 heteroatoms. The first kappa shape index (κ1) is 16.4. The lowest BCUT2D eigenvalue weighted by Crippen LogP contribution is -2.41. The number of ether oxygens (including phenoxy) is 2. The van der Waals surface area contributed by atoms with E-state index >= 15 is 0 Å². The van der Waals surface area contributed by atoms with Crippen molar-refractivity contribution in [2.45, 2.75) is 30.8 Å². The molecule has 0 aliphatic carbocycles. The van der Waals surface area contributed by atoms with Gasteiger partial charge in [0, 0.05) is 6.61 Å². The largest absolute Gasteiger partial charge is 0.387 e. The summed E-state index contributed by atoms with van der Waals surface area (Å²) in [6.45, 7) is 2.25. The molecule has 0 unspecified atom stereocenters. The van der Waals surface area contributed by atoms with Crippen LogP contribution in [0.5, 0.6) is 0 Å². The molecule has 0 aromatic carbocycles. The number of nitrogens with two attached hydrogens (primary N) is 2. The zero-order valence-corrected chi connectivity index (χ0v) is 13.0. The molecule has 0 bridgehead atoms. The van der Waals surface area contributed by atoms with Crippen LogP contribution in [0.2, 0.25) is 0 Å². The number of nitrogens with zero attached hydrogens (tertiary/aromatic N) is 4. The number of aliphatic hydroxyl groups is 2. The summed E-state index contributed by atoms with van der Waals surface area (Å²) in [4.78, 5) is 3.85. The average molecular weight is 334 g/mol. The maximum absolute atomic E-state index is 10.5. The molecular formula is C14H18N6O4. The summed E-state index contributed by atoms with van der Waals surface area (Å²) in [5, 5.41) is 34.4. The van der Waals surface area contributed by atoms with Crippen LogP contribution in [0.1, 0.15) is 12.6 Å². The van der Waals surface area contributed by atoms with Crippen molar-refractivity contribution in [1.29, 1.82) is 5.26 Å². The van der Waals surface area contributed by atoms with Crippen molar-refractivity contribution in [1.82, 2.24) is 14.6 Å². The third-order valence-electron chi connectivity index (χ3n) is 4.05. The Bertz CT molecular complexity index is 802. The molecule has 128 valence electrons. The van der Waals surface area contributed by atoms with E-state index in [0.717, 1.165) is 0 Å². The van der Waals surface area contributed by atoms with E-state index in [4.69, 9.17) is 20.9 Å². The lowest BCUT2D eigenvalue weighted by molar-refractivity contribution is -0.0748. The fourth-order valence-corrected chi connectivity index (χ4v) is 2.87. The van der Waals surface area contributed by atoms with Crippen molar-refractivity contribution in [2.75, 3.05) is 24.7 Å².